The Hall–Kier alpha value is -1.36. The third-order valence-corrected chi connectivity index (χ3v) is 3.28. The van der Waals surface area contributed by atoms with Gasteiger partial charge in [-0.3, -0.25) is 0 Å². The van der Waals surface area contributed by atoms with E-state index in [1.165, 1.54) is 19.5 Å². The van der Waals surface area contributed by atoms with Crippen LogP contribution in [0.5, 0.6) is 0 Å². The van der Waals surface area contributed by atoms with E-state index in [4.69, 9.17) is 0 Å². The quantitative estimate of drug-likeness (QED) is 0.803. The van der Waals surface area contributed by atoms with Crippen molar-refractivity contribution in [1.29, 1.82) is 0 Å². The van der Waals surface area contributed by atoms with Crippen LogP contribution in [0.3, 0.4) is 0 Å². The highest BCUT2D eigenvalue weighted by Crippen LogP contribution is 2.15. The normalized spacial score (nSPS) is 20.0. The fourth-order valence-corrected chi connectivity index (χ4v) is 2.25. The van der Waals surface area contributed by atoms with Crippen LogP contribution >= 0.6 is 0 Å². The number of nitrogens with zero attached hydrogens (tertiary/aromatic N) is 3. The molecule has 1 saturated heterocycles. The lowest BCUT2D eigenvalue weighted by Gasteiger charge is -2.12. The minimum atomic E-state index is 0.733. The largest absolute Gasteiger partial charge is 0.370 e. The van der Waals surface area contributed by atoms with Crippen LogP contribution in [0.15, 0.2) is 12.4 Å². The van der Waals surface area contributed by atoms with Crippen molar-refractivity contribution in [2.24, 2.45) is 5.92 Å². The van der Waals surface area contributed by atoms with Gasteiger partial charge in [-0.05, 0) is 32.4 Å². The van der Waals surface area contributed by atoms with E-state index in [0.717, 1.165) is 37.1 Å². The van der Waals surface area contributed by atoms with Gasteiger partial charge in [-0.25, -0.2) is 9.97 Å². The summed E-state index contributed by atoms with van der Waals surface area (Å²) in [5, 5.41) is 6.68. The Morgan fingerprint density at radius 2 is 2.11 bits per heavy atom. The molecule has 0 aromatic carbocycles. The highest BCUT2D eigenvalue weighted by molar-refractivity contribution is 5.46. The first kappa shape index (κ1) is 13.1. The molecule has 2 rings (SSSR count). The molecule has 0 aliphatic carbocycles. The summed E-state index contributed by atoms with van der Waals surface area (Å²) in [6.45, 7) is 6.47. The van der Waals surface area contributed by atoms with Crippen molar-refractivity contribution in [2.75, 3.05) is 43.9 Å². The zero-order valence-electron chi connectivity index (χ0n) is 11.3. The number of nitrogens with one attached hydrogen (secondary N) is 2. The fraction of sp³-hybridized carbons (Fsp3) is 0.692. The molecule has 100 valence electrons. The Bertz CT molecular complexity index is 368. The van der Waals surface area contributed by atoms with Gasteiger partial charge < -0.3 is 15.5 Å². The first-order valence-corrected chi connectivity index (χ1v) is 6.76. The van der Waals surface area contributed by atoms with Crippen LogP contribution in [0.25, 0.3) is 0 Å². The topological polar surface area (TPSA) is 53.1 Å². The maximum absolute atomic E-state index is 4.25. The smallest absolute Gasteiger partial charge is 0.131 e. The molecule has 5 heteroatoms. The molecule has 0 amide bonds. The Labute approximate surface area is 109 Å². The highest BCUT2D eigenvalue weighted by Gasteiger charge is 2.18. The van der Waals surface area contributed by atoms with Crippen molar-refractivity contribution >= 4 is 11.6 Å². The molecule has 1 fully saturated rings. The molecule has 1 aromatic rings. The SMILES string of the molecule is CCCNc1cc(NCC2CCN(C)C2)ncn1. The number of hydrogen-bond donors (Lipinski definition) is 2. The minimum absolute atomic E-state index is 0.733. The van der Waals surface area contributed by atoms with Crippen LogP contribution in [-0.4, -0.2) is 48.1 Å². The lowest BCUT2D eigenvalue weighted by molar-refractivity contribution is 0.399. The van der Waals surface area contributed by atoms with Crippen LogP contribution < -0.4 is 10.6 Å². The van der Waals surface area contributed by atoms with Crippen molar-refractivity contribution in [2.45, 2.75) is 19.8 Å². The zero-order chi connectivity index (χ0) is 12.8. The molecule has 1 unspecified atom stereocenters. The predicted octanol–water partition coefficient (Wildman–Crippen LogP) is 1.66. The van der Waals surface area contributed by atoms with Crippen molar-refractivity contribution in [3.63, 3.8) is 0 Å². The Balaban J connectivity index is 1.81. The van der Waals surface area contributed by atoms with Gasteiger partial charge in [0.05, 0.1) is 0 Å². The Morgan fingerprint density at radius 3 is 2.78 bits per heavy atom. The Kier molecular flexibility index (Phi) is 4.75. The van der Waals surface area contributed by atoms with Gasteiger partial charge in [-0.2, -0.15) is 0 Å². The molecule has 1 aromatic heterocycles. The second kappa shape index (κ2) is 6.54. The number of likely N-dealkylation sites (tertiary alicyclic amines) is 1. The maximum Gasteiger partial charge on any atom is 0.131 e. The maximum atomic E-state index is 4.25. The van der Waals surface area contributed by atoms with Gasteiger partial charge in [-0.15, -0.1) is 0 Å². The molecule has 0 radical (unpaired) electrons. The molecular formula is C13H23N5. The molecule has 0 bridgehead atoms. The zero-order valence-corrected chi connectivity index (χ0v) is 11.3. The molecule has 2 heterocycles. The van der Waals surface area contributed by atoms with E-state index in [2.05, 4.69) is 39.5 Å². The van der Waals surface area contributed by atoms with E-state index in [0.29, 0.717) is 0 Å². The number of rotatable bonds is 6. The second-order valence-corrected chi connectivity index (χ2v) is 5.01. The van der Waals surface area contributed by atoms with Crippen LogP contribution in [0.1, 0.15) is 19.8 Å². The van der Waals surface area contributed by atoms with Gasteiger partial charge in [0.1, 0.15) is 18.0 Å². The van der Waals surface area contributed by atoms with E-state index in [1.807, 2.05) is 6.07 Å². The lowest BCUT2D eigenvalue weighted by Crippen LogP contribution is -2.19. The first-order valence-electron chi connectivity index (χ1n) is 6.76. The third kappa shape index (κ3) is 3.84. The third-order valence-electron chi connectivity index (χ3n) is 3.28. The van der Waals surface area contributed by atoms with E-state index in [-0.39, 0.29) is 0 Å². The number of anilines is 2. The summed E-state index contributed by atoms with van der Waals surface area (Å²) in [5.41, 5.74) is 0. The molecule has 1 aliphatic rings. The minimum Gasteiger partial charge on any atom is -0.370 e. The van der Waals surface area contributed by atoms with Gasteiger partial charge in [-0.1, -0.05) is 6.92 Å². The average Bonchev–Trinajstić information content (AvgIpc) is 2.80. The van der Waals surface area contributed by atoms with E-state index >= 15 is 0 Å². The van der Waals surface area contributed by atoms with E-state index < -0.39 is 0 Å². The van der Waals surface area contributed by atoms with Crippen LogP contribution in [0.2, 0.25) is 0 Å². The van der Waals surface area contributed by atoms with Gasteiger partial charge in [0, 0.05) is 25.7 Å². The highest BCUT2D eigenvalue weighted by atomic mass is 15.1. The molecule has 0 spiro atoms. The average molecular weight is 249 g/mol. The number of aromatic nitrogens is 2. The number of hydrogen-bond acceptors (Lipinski definition) is 5. The standard InChI is InChI=1S/C13H23N5/c1-3-5-14-12-7-13(17-10-16-12)15-8-11-4-6-18(2)9-11/h7,10-11H,3-6,8-9H2,1-2H3,(H2,14,15,16,17). The summed E-state index contributed by atoms with van der Waals surface area (Å²) in [6, 6.07) is 1.98. The van der Waals surface area contributed by atoms with Crippen molar-refractivity contribution in [1.82, 2.24) is 14.9 Å². The summed E-state index contributed by atoms with van der Waals surface area (Å²) in [6.07, 6.45) is 3.98. The summed E-state index contributed by atoms with van der Waals surface area (Å²) < 4.78 is 0. The van der Waals surface area contributed by atoms with Crippen LogP contribution in [-0.2, 0) is 0 Å². The molecular weight excluding hydrogens is 226 g/mol. The first-order chi connectivity index (χ1) is 8.78. The van der Waals surface area contributed by atoms with E-state index in [9.17, 15) is 0 Å². The summed E-state index contributed by atoms with van der Waals surface area (Å²) in [7, 11) is 2.18. The summed E-state index contributed by atoms with van der Waals surface area (Å²) >= 11 is 0. The molecule has 5 nitrogen and oxygen atoms in total. The molecule has 2 N–H and O–H groups in total. The second-order valence-electron chi connectivity index (χ2n) is 5.01. The van der Waals surface area contributed by atoms with Crippen molar-refractivity contribution < 1.29 is 0 Å². The van der Waals surface area contributed by atoms with E-state index in [1.54, 1.807) is 6.33 Å². The summed E-state index contributed by atoms with van der Waals surface area (Å²) in [5.74, 6) is 2.55. The predicted molar refractivity (Wildman–Crippen MR) is 74.9 cm³/mol. The van der Waals surface area contributed by atoms with Crippen LogP contribution in [0.4, 0.5) is 11.6 Å². The molecule has 18 heavy (non-hydrogen) atoms. The van der Waals surface area contributed by atoms with Gasteiger partial charge in [0.15, 0.2) is 0 Å². The van der Waals surface area contributed by atoms with Crippen LogP contribution in [0, 0.1) is 5.92 Å². The van der Waals surface area contributed by atoms with Gasteiger partial charge >= 0.3 is 0 Å². The molecule has 0 saturated carbocycles. The van der Waals surface area contributed by atoms with Crippen molar-refractivity contribution in [3.05, 3.63) is 12.4 Å². The monoisotopic (exact) mass is 249 g/mol. The van der Waals surface area contributed by atoms with Gasteiger partial charge in [0.25, 0.3) is 0 Å². The van der Waals surface area contributed by atoms with Gasteiger partial charge in [0.2, 0.25) is 0 Å². The lowest BCUT2D eigenvalue weighted by atomic mass is 10.1. The fourth-order valence-electron chi connectivity index (χ4n) is 2.25. The Morgan fingerprint density at radius 1 is 1.33 bits per heavy atom. The van der Waals surface area contributed by atoms with Crippen molar-refractivity contribution in [3.8, 4) is 0 Å². The molecule has 1 atom stereocenters. The summed E-state index contributed by atoms with van der Waals surface area (Å²) in [4.78, 5) is 10.8. The molecule has 1 aliphatic heterocycles.